The molecule has 2 aromatic carbocycles. The third kappa shape index (κ3) is 4.76. The normalized spacial score (nSPS) is 12.0. The van der Waals surface area contributed by atoms with E-state index in [2.05, 4.69) is 5.32 Å². The molecule has 2 aromatic rings. The lowest BCUT2D eigenvalue weighted by molar-refractivity contribution is -0.115. The second-order valence-corrected chi connectivity index (χ2v) is 6.48. The van der Waals surface area contributed by atoms with Gasteiger partial charge in [-0.3, -0.25) is 4.79 Å². The van der Waals surface area contributed by atoms with Crippen LogP contribution in [0.4, 0.5) is 18.9 Å². The van der Waals surface area contributed by atoms with Gasteiger partial charge in [0.15, 0.2) is 11.6 Å². The first-order valence-corrected chi connectivity index (χ1v) is 8.04. The Bertz CT molecular complexity index is 721. The van der Waals surface area contributed by atoms with Crippen LogP contribution in [0, 0.1) is 24.4 Å². The van der Waals surface area contributed by atoms with E-state index in [-0.39, 0.29) is 5.91 Å². The molecule has 0 bridgehead atoms. The number of aryl methyl sites for hydroxylation is 1. The van der Waals surface area contributed by atoms with Gasteiger partial charge < -0.3 is 5.32 Å². The van der Waals surface area contributed by atoms with Crippen LogP contribution in [0.5, 0.6) is 0 Å². The molecule has 0 fully saturated rings. The number of amides is 1. The molecule has 1 unspecified atom stereocenters. The van der Waals surface area contributed by atoms with E-state index in [1.807, 2.05) is 0 Å². The van der Waals surface area contributed by atoms with Crippen LogP contribution in [0.3, 0.4) is 0 Å². The molecule has 0 radical (unpaired) electrons. The maximum absolute atomic E-state index is 13.2. The van der Waals surface area contributed by atoms with Crippen molar-refractivity contribution in [2.24, 2.45) is 0 Å². The van der Waals surface area contributed by atoms with Gasteiger partial charge in [-0.25, -0.2) is 13.2 Å². The van der Waals surface area contributed by atoms with Crippen molar-refractivity contribution in [3.05, 3.63) is 65.0 Å². The zero-order valence-electron chi connectivity index (χ0n) is 12.7. The highest BCUT2D eigenvalue weighted by Gasteiger charge is 2.15. The van der Waals surface area contributed by atoms with Crippen molar-refractivity contribution in [1.29, 1.82) is 0 Å². The second kappa shape index (κ2) is 7.55. The Balaban J connectivity index is 1.94. The van der Waals surface area contributed by atoms with Crippen LogP contribution in [-0.4, -0.2) is 11.2 Å². The molecule has 0 saturated heterocycles. The maximum Gasteiger partial charge on any atom is 0.237 e. The minimum absolute atomic E-state index is 0.272. The molecule has 0 aliphatic carbocycles. The van der Waals surface area contributed by atoms with Gasteiger partial charge in [0.05, 0.1) is 5.25 Å². The lowest BCUT2D eigenvalue weighted by Gasteiger charge is -2.13. The minimum Gasteiger partial charge on any atom is -0.325 e. The van der Waals surface area contributed by atoms with Gasteiger partial charge in [0.2, 0.25) is 5.91 Å². The predicted octanol–water partition coefficient (Wildman–Crippen LogP) is 4.67. The van der Waals surface area contributed by atoms with E-state index in [0.717, 1.165) is 17.7 Å². The monoisotopic (exact) mass is 339 g/mol. The Hall–Kier alpha value is -1.95. The highest BCUT2D eigenvalue weighted by molar-refractivity contribution is 7.99. The number of hydrogen-bond acceptors (Lipinski definition) is 2. The van der Waals surface area contributed by atoms with Crippen molar-refractivity contribution in [2.45, 2.75) is 24.9 Å². The summed E-state index contributed by atoms with van der Waals surface area (Å²) in [5, 5.41) is 2.25. The van der Waals surface area contributed by atoms with Crippen LogP contribution in [0.25, 0.3) is 0 Å². The summed E-state index contributed by atoms with van der Waals surface area (Å²) in [6.45, 7) is 3.47. The lowest BCUT2D eigenvalue weighted by atomic mass is 10.2. The number of benzene rings is 2. The zero-order valence-corrected chi connectivity index (χ0v) is 13.5. The highest BCUT2D eigenvalue weighted by atomic mass is 32.2. The van der Waals surface area contributed by atoms with Crippen LogP contribution in [-0.2, 0) is 10.5 Å². The summed E-state index contributed by atoms with van der Waals surface area (Å²) in [7, 11) is 0. The number of thioether (sulfide) groups is 1. The number of anilines is 1. The third-order valence-corrected chi connectivity index (χ3v) is 4.52. The average molecular weight is 339 g/mol. The molecular weight excluding hydrogens is 323 g/mol. The first-order chi connectivity index (χ1) is 10.9. The Kier molecular flexibility index (Phi) is 5.71. The molecule has 1 amide bonds. The van der Waals surface area contributed by atoms with Crippen LogP contribution < -0.4 is 5.32 Å². The van der Waals surface area contributed by atoms with Crippen LogP contribution in [0.2, 0.25) is 0 Å². The summed E-state index contributed by atoms with van der Waals surface area (Å²) in [4.78, 5) is 12.1. The van der Waals surface area contributed by atoms with Gasteiger partial charge in [0, 0.05) is 11.4 Å². The molecule has 23 heavy (non-hydrogen) atoms. The van der Waals surface area contributed by atoms with E-state index in [0.29, 0.717) is 17.0 Å². The molecule has 0 heterocycles. The molecule has 1 atom stereocenters. The smallest absolute Gasteiger partial charge is 0.237 e. The van der Waals surface area contributed by atoms with E-state index in [1.165, 1.54) is 30.0 Å². The Labute approximate surface area is 137 Å². The van der Waals surface area contributed by atoms with E-state index in [9.17, 15) is 18.0 Å². The molecule has 1 N–H and O–H groups in total. The van der Waals surface area contributed by atoms with Crippen molar-refractivity contribution in [3.8, 4) is 0 Å². The van der Waals surface area contributed by atoms with Gasteiger partial charge in [-0.05, 0) is 49.2 Å². The SMILES string of the molecule is Cc1ccc(F)cc1NC(=O)C(C)SCc1ccc(F)c(F)c1. The Morgan fingerprint density at radius 1 is 1.13 bits per heavy atom. The largest absolute Gasteiger partial charge is 0.325 e. The first-order valence-electron chi connectivity index (χ1n) is 6.99. The fourth-order valence-corrected chi connectivity index (χ4v) is 2.72. The highest BCUT2D eigenvalue weighted by Crippen LogP contribution is 2.22. The van der Waals surface area contributed by atoms with E-state index in [1.54, 1.807) is 19.9 Å². The van der Waals surface area contributed by atoms with Gasteiger partial charge in [0.1, 0.15) is 5.82 Å². The Morgan fingerprint density at radius 2 is 1.87 bits per heavy atom. The third-order valence-electron chi connectivity index (χ3n) is 3.31. The van der Waals surface area contributed by atoms with Crippen molar-refractivity contribution < 1.29 is 18.0 Å². The summed E-state index contributed by atoms with van der Waals surface area (Å²) in [5.74, 6) is -2.13. The van der Waals surface area contributed by atoms with Gasteiger partial charge in [0.25, 0.3) is 0 Å². The number of rotatable bonds is 5. The quantitative estimate of drug-likeness (QED) is 0.857. The molecule has 2 rings (SSSR count). The van der Waals surface area contributed by atoms with Gasteiger partial charge in [-0.15, -0.1) is 11.8 Å². The van der Waals surface area contributed by atoms with Crippen LogP contribution in [0.1, 0.15) is 18.1 Å². The number of hydrogen-bond donors (Lipinski definition) is 1. The molecule has 0 saturated carbocycles. The van der Waals surface area contributed by atoms with Crippen molar-refractivity contribution in [2.75, 3.05) is 5.32 Å². The minimum atomic E-state index is -0.907. The second-order valence-electron chi connectivity index (χ2n) is 5.15. The van der Waals surface area contributed by atoms with Gasteiger partial charge in [-0.2, -0.15) is 0 Å². The summed E-state index contributed by atoms with van der Waals surface area (Å²) < 4.78 is 39.2. The molecule has 122 valence electrons. The maximum atomic E-state index is 13.2. The molecule has 6 heteroatoms. The number of nitrogens with one attached hydrogen (secondary N) is 1. The average Bonchev–Trinajstić information content (AvgIpc) is 2.51. The first kappa shape index (κ1) is 17.4. The summed E-state index contributed by atoms with van der Waals surface area (Å²) in [5.41, 5.74) is 1.78. The van der Waals surface area contributed by atoms with E-state index >= 15 is 0 Å². The zero-order chi connectivity index (χ0) is 17.0. The van der Waals surface area contributed by atoms with Crippen molar-refractivity contribution in [3.63, 3.8) is 0 Å². The molecule has 0 aliphatic rings. The molecule has 0 aliphatic heterocycles. The number of carbonyl (C=O) groups is 1. The summed E-state index contributed by atoms with van der Waals surface area (Å²) >= 11 is 1.29. The molecular formula is C17H16F3NOS. The van der Waals surface area contributed by atoms with Gasteiger partial charge >= 0.3 is 0 Å². The lowest BCUT2D eigenvalue weighted by Crippen LogP contribution is -2.23. The number of carbonyl (C=O) groups excluding carboxylic acids is 1. The fourth-order valence-electron chi connectivity index (χ4n) is 1.89. The summed E-state index contributed by atoms with van der Waals surface area (Å²) in [6.07, 6.45) is 0. The molecule has 2 nitrogen and oxygen atoms in total. The van der Waals surface area contributed by atoms with Crippen molar-refractivity contribution >= 4 is 23.4 Å². The molecule has 0 spiro atoms. The summed E-state index contributed by atoms with van der Waals surface area (Å²) in [6, 6.07) is 7.83. The van der Waals surface area contributed by atoms with Crippen LogP contribution >= 0.6 is 11.8 Å². The Morgan fingerprint density at radius 3 is 2.57 bits per heavy atom. The molecule has 0 aromatic heterocycles. The standard InChI is InChI=1S/C17H16F3NOS/c1-10-3-5-13(18)8-16(10)21-17(22)11(2)23-9-12-4-6-14(19)15(20)7-12/h3-8,11H,9H2,1-2H3,(H,21,22). The topological polar surface area (TPSA) is 29.1 Å². The van der Waals surface area contributed by atoms with Crippen LogP contribution in [0.15, 0.2) is 36.4 Å². The predicted molar refractivity (Wildman–Crippen MR) is 86.9 cm³/mol. The van der Waals surface area contributed by atoms with Crippen molar-refractivity contribution in [1.82, 2.24) is 0 Å². The number of halogens is 3. The van der Waals surface area contributed by atoms with E-state index in [4.69, 9.17) is 0 Å². The van der Waals surface area contributed by atoms with E-state index < -0.39 is 22.7 Å². The fraction of sp³-hybridized carbons (Fsp3) is 0.235. The van der Waals surface area contributed by atoms with Gasteiger partial charge in [-0.1, -0.05) is 12.1 Å².